The Kier molecular flexibility index (Phi) is 10.8. The van der Waals surface area contributed by atoms with Crippen molar-refractivity contribution < 1.29 is 39.9 Å². The first kappa shape index (κ1) is 20.1. The molecule has 0 aromatic rings. The van der Waals surface area contributed by atoms with Gasteiger partial charge in [-0.1, -0.05) is 0 Å². The third-order valence-corrected chi connectivity index (χ3v) is 1.88. The van der Waals surface area contributed by atoms with Gasteiger partial charge in [0, 0.05) is 0 Å². The number of carbonyl (C=O) groups is 2. The normalized spacial score (nSPS) is 17.0. The van der Waals surface area contributed by atoms with Crippen LogP contribution < -0.4 is 5.73 Å². The Hall–Kier alpha value is -0.217. The summed E-state index contributed by atoms with van der Waals surface area (Å²) in [5.41, 5.74) is 4.83. The van der Waals surface area contributed by atoms with Gasteiger partial charge in [0.2, 0.25) is 0 Å². The monoisotopic (exact) mass is 465 g/mol. The number of aliphatic hydroxyl groups excluding tert-OH is 5. The quantitative estimate of drug-likeness (QED) is 0.127. The Morgan fingerprint density at radius 1 is 1.11 bits per heavy atom. The topological polar surface area (TPSA) is 171 Å². The Bertz CT molecular complexity index is 276. The van der Waals surface area contributed by atoms with Gasteiger partial charge >= 0.3 is 38.1 Å². The van der Waals surface area contributed by atoms with Crippen molar-refractivity contribution in [1.29, 1.82) is 0 Å². The SMILES string of the molecule is NCC(=O)OC(=O)[C@H](O)[C@@H](O)[C@H](O)[C@H](O)CO.[BiH3]. The molecule has 0 bridgehead atoms. The number of esters is 2. The maximum atomic E-state index is 11.0. The van der Waals surface area contributed by atoms with Crippen LogP contribution in [0, 0.1) is 0 Å². The molecule has 7 N–H and O–H groups in total. The summed E-state index contributed by atoms with van der Waals surface area (Å²) in [5, 5.41) is 45.0. The molecule has 0 amide bonds. The zero-order valence-corrected chi connectivity index (χ0v) is 15.0. The van der Waals surface area contributed by atoms with Crippen molar-refractivity contribution in [2.24, 2.45) is 5.73 Å². The molecular formula is C8H18BiNO8. The molecule has 0 rings (SSSR count). The molecule has 0 spiro atoms. The zero-order chi connectivity index (χ0) is 13.6. The molecule has 108 valence electrons. The second-order valence-corrected chi connectivity index (χ2v) is 3.17. The van der Waals surface area contributed by atoms with E-state index in [2.05, 4.69) is 4.74 Å². The van der Waals surface area contributed by atoms with Gasteiger partial charge in [0.15, 0.2) is 6.10 Å². The Balaban J connectivity index is 0. The fourth-order valence-electron chi connectivity index (χ4n) is 0.876. The van der Waals surface area contributed by atoms with Crippen molar-refractivity contribution in [3.8, 4) is 0 Å². The molecule has 0 saturated carbocycles. The molecule has 0 aromatic carbocycles. The molecule has 18 heavy (non-hydrogen) atoms. The second kappa shape index (κ2) is 9.68. The summed E-state index contributed by atoms with van der Waals surface area (Å²) in [6.45, 7) is -1.49. The number of ether oxygens (including phenoxy) is 1. The Labute approximate surface area is 121 Å². The van der Waals surface area contributed by atoms with E-state index in [9.17, 15) is 19.8 Å². The molecule has 0 fully saturated rings. The van der Waals surface area contributed by atoms with Crippen molar-refractivity contribution in [2.45, 2.75) is 24.4 Å². The minimum absolute atomic E-state index is 0. The molecule has 0 aliphatic rings. The summed E-state index contributed by atoms with van der Waals surface area (Å²) in [5.74, 6) is -2.64. The predicted molar refractivity (Wildman–Crippen MR) is 61.2 cm³/mol. The minimum atomic E-state index is -2.25. The summed E-state index contributed by atoms with van der Waals surface area (Å²) in [6, 6.07) is 0. The van der Waals surface area contributed by atoms with E-state index in [0.717, 1.165) is 0 Å². The third kappa shape index (κ3) is 6.10. The number of hydrogen-bond acceptors (Lipinski definition) is 9. The van der Waals surface area contributed by atoms with Gasteiger partial charge in [-0.15, -0.1) is 0 Å². The fourth-order valence-corrected chi connectivity index (χ4v) is 0.876. The molecule has 0 aromatic heterocycles. The molecule has 0 aliphatic heterocycles. The first-order valence-corrected chi connectivity index (χ1v) is 4.62. The molecule has 0 unspecified atom stereocenters. The number of aliphatic hydroxyl groups is 5. The molecule has 0 saturated heterocycles. The summed E-state index contributed by atoms with van der Waals surface area (Å²) in [7, 11) is 0. The maximum absolute atomic E-state index is 11.0. The molecule has 0 aliphatic carbocycles. The van der Waals surface area contributed by atoms with Crippen molar-refractivity contribution in [1.82, 2.24) is 0 Å². The van der Waals surface area contributed by atoms with E-state index in [1.54, 1.807) is 0 Å². The molecule has 10 heteroatoms. The van der Waals surface area contributed by atoms with Gasteiger partial charge in [0.25, 0.3) is 0 Å². The van der Waals surface area contributed by atoms with Crippen LogP contribution in [0.5, 0.6) is 0 Å². The van der Waals surface area contributed by atoms with E-state index in [1.807, 2.05) is 0 Å². The van der Waals surface area contributed by atoms with Crippen molar-refractivity contribution in [3.05, 3.63) is 0 Å². The van der Waals surface area contributed by atoms with Crippen LogP contribution in [0.15, 0.2) is 0 Å². The van der Waals surface area contributed by atoms with E-state index < -0.39 is 49.5 Å². The Morgan fingerprint density at radius 3 is 2.00 bits per heavy atom. The first-order chi connectivity index (χ1) is 7.84. The summed E-state index contributed by atoms with van der Waals surface area (Å²) in [4.78, 5) is 21.6. The van der Waals surface area contributed by atoms with Gasteiger partial charge in [-0.25, -0.2) is 4.79 Å². The Morgan fingerprint density at radius 2 is 1.61 bits per heavy atom. The van der Waals surface area contributed by atoms with Crippen molar-refractivity contribution in [2.75, 3.05) is 13.2 Å². The van der Waals surface area contributed by atoms with E-state index in [1.165, 1.54) is 0 Å². The van der Waals surface area contributed by atoms with E-state index in [0.29, 0.717) is 0 Å². The van der Waals surface area contributed by atoms with Crippen LogP contribution >= 0.6 is 0 Å². The molecule has 9 nitrogen and oxygen atoms in total. The van der Waals surface area contributed by atoms with E-state index in [-0.39, 0.29) is 26.2 Å². The average molecular weight is 465 g/mol. The average Bonchev–Trinajstić information content (AvgIpc) is 2.34. The second-order valence-electron chi connectivity index (χ2n) is 3.17. The molecular weight excluding hydrogens is 447 g/mol. The number of hydrogen-bond donors (Lipinski definition) is 6. The predicted octanol–water partition coefficient (Wildman–Crippen LogP) is -5.73. The van der Waals surface area contributed by atoms with Crippen LogP contribution in [0.2, 0.25) is 0 Å². The van der Waals surface area contributed by atoms with Crippen LogP contribution in [0.25, 0.3) is 0 Å². The van der Waals surface area contributed by atoms with Crippen LogP contribution in [-0.2, 0) is 14.3 Å². The number of carbonyl (C=O) groups excluding carboxylic acids is 2. The summed E-state index contributed by atoms with van der Waals surface area (Å²) < 4.78 is 3.98. The van der Waals surface area contributed by atoms with Crippen LogP contribution in [0.4, 0.5) is 0 Å². The van der Waals surface area contributed by atoms with Crippen LogP contribution in [-0.4, -0.2) is 101 Å². The van der Waals surface area contributed by atoms with Gasteiger partial charge in [-0.3, -0.25) is 4.79 Å². The van der Waals surface area contributed by atoms with Gasteiger partial charge in [0.05, 0.1) is 13.2 Å². The molecule has 0 radical (unpaired) electrons. The standard InChI is InChI=1S/C8H15NO8.Bi.3H/c9-1-4(12)17-8(16)7(15)6(14)5(13)3(11)2-10;;;;/h3,5-7,10-11,13-15H,1-2,9H2;;;;/t3-,5-,6+,7-;;;;/m1..../s1. The first-order valence-electron chi connectivity index (χ1n) is 4.62. The van der Waals surface area contributed by atoms with Crippen molar-refractivity contribution in [3.63, 3.8) is 0 Å². The molecule has 4 atom stereocenters. The van der Waals surface area contributed by atoms with Crippen LogP contribution in [0.3, 0.4) is 0 Å². The van der Waals surface area contributed by atoms with Crippen LogP contribution in [0.1, 0.15) is 0 Å². The molecule has 0 heterocycles. The van der Waals surface area contributed by atoms with E-state index >= 15 is 0 Å². The third-order valence-electron chi connectivity index (χ3n) is 1.88. The van der Waals surface area contributed by atoms with Gasteiger partial charge < -0.3 is 36.0 Å². The van der Waals surface area contributed by atoms with E-state index in [4.69, 9.17) is 21.1 Å². The fraction of sp³-hybridized carbons (Fsp3) is 0.750. The summed E-state index contributed by atoms with van der Waals surface area (Å²) in [6.07, 6.45) is -8.09. The van der Waals surface area contributed by atoms with Gasteiger partial charge in [-0.2, -0.15) is 0 Å². The van der Waals surface area contributed by atoms with Gasteiger partial charge in [0.1, 0.15) is 18.3 Å². The van der Waals surface area contributed by atoms with Crippen molar-refractivity contribution >= 4 is 38.1 Å². The summed E-state index contributed by atoms with van der Waals surface area (Å²) >= 11 is 0. The van der Waals surface area contributed by atoms with Gasteiger partial charge in [-0.05, 0) is 0 Å². The number of nitrogens with two attached hydrogens (primary N) is 1. The zero-order valence-electron chi connectivity index (χ0n) is 9.47. The number of rotatable bonds is 6.